The van der Waals surface area contributed by atoms with Crippen LogP contribution in [0.15, 0.2) is 30.3 Å². The van der Waals surface area contributed by atoms with Crippen LogP contribution >= 0.6 is 0 Å². The van der Waals surface area contributed by atoms with Crippen molar-refractivity contribution in [3.63, 3.8) is 0 Å². The Morgan fingerprint density at radius 3 is 2.86 bits per heavy atom. The molecule has 0 spiro atoms. The lowest BCUT2D eigenvalue weighted by Gasteiger charge is -2.22. The molecular formula is C17H22N4O. The zero-order valence-corrected chi connectivity index (χ0v) is 12.8. The summed E-state index contributed by atoms with van der Waals surface area (Å²) in [5, 5.41) is 4.70. The highest BCUT2D eigenvalue weighted by Gasteiger charge is 2.22. The van der Waals surface area contributed by atoms with E-state index in [0.29, 0.717) is 5.92 Å². The summed E-state index contributed by atoms with van der Waals surface area (Å²) < 4.78 is 7.58. The molecule has 2 aliphatic heterocycles. The highest BCUT2D eigenvalue weighted by molar-refractivity contribution is 5.54. The molecule has 1 fully saturated rings. The Morgan fingerprint density at radius 1 is 1.14 bits per heavy atom. The molecule has 0 saturated carbocycles. The topological polar surface area (TPSA) is 43.2 Å². The van der Waals surface area contributed by atoms with Crippen molar-refractivity contribution in [3.05, 3.63) is 36.2 Å². The summed E-state index contributed by atoms with van der Waals surface area (Å²) in [6, 6.07) is 10.2. The first kappa shape index (κ1) is 13.9. The fraction of sp³-hybridized carbons (Fsp3) is 0.529. The highest BCUT2D eigenvalue weighted by Crippen LogP contribution is 2.19. The Morgan fingerprint density at radius 2 is 2.05 bits per heavy atom. The van der Waals surface area contributed by atoms with Gasteiger partial charge >= 0.3 is 0 Å². The minimum atomic E-state index is 0.707. The number of hydrogen-bond acceptors (Lipinski definition) is 4. The molecule has 1 saturated heterocycles. The Kier molecular flexibility index (Phi) is 3.91. The molecule has 3 heterocycles. The zero-order valence-electron chi connectivity index (χ0n) is 12.8. The number of hydrogen-bond donors (Lipinski definition) is 0. The number of rotatable bonds is 3. The lowest BCUT2D eigenvalue weighted by atomic mass is 10.1. The van der Waals surface area contributed by atoms with E-state index < -0.39 is 0 Å². The minimum absolute atomic E-state index is 0.707. The number of ether oxygens (including phenoxy) is 1. The third-order valence-corrected chi connectivity index (χ3v) is 4.60. The van der Waals surface area contributed by atoms with Crippen molar-refractivity contribution in [3.8, 4) is 11.4 Å². The molecule has 5 heteroatoms. The minimum Gasteiger partial charge on any atom is -0.381 e. The van der Waals surface area contributed by atoms with E-state index in [9.17, 15) is 0 Å². The average molecular weight is 298 g/mol. The van der Waals surface area contributed by atoms with E-state index in [0.717, 1.165) is 63.0 Å². The zero-order chi connectivity index (χ0) is 14.8. The van der Waals surface area contributed by atoms with Crippen LogP contribution in [0.1, 0.15) is 12.2 Å². The van der Waals surface area contributed by atoms with E-state index in [1.165, 1.54) is 6.42 Å². The summed E-state index contributed by atoms with van der Waals surface area (Å²) in [5.41, 5.74) is 1.10. The summed E-state index contributed by atoms with van der Waals surface area (Å²) in [7, 11) is 0. The first-order valence-electron chi connectivity index (χ1n) is 8.18. The first-order chi connectivity index (χ1) is 10.9. The molecule has 1 aromatic heterocycles. The van der Waals surface area contributed by atoms with Crippen LogP contribution in [0.2, 0.25) is 0 Å². The number of nitrogens with zero attached hydrogens (tertiary/aromatic N) is 4. The average Bonchev–Trinajstić information content (AvgIpc) is 3.17. The molecule has 116 valence electrons. The van der Waals surface area contributed by atoms with Crippen LogP contribution in [-0.4, -0.2) is 52.5 Å². The van der Waals surface area contributed by atoms with Gasteiger partial charge in [0.05, 0.1) is 13.2 Å². The van der Waals surface area contributed by atoms with Gasteiger partial charge in [-0.25, -0.2) is 9.67 Å². The molecule has 5 nitrogen and oxygen atoms in total. The van der Waals surface area contributed by atoms with Gasteiger partial charge in [0.2, 0.25) is 0 Å². The number of aromatic nitrogens is 3. The fourth-order valence-corrected chi connectivity index (χ4v) is 3.33. The van der Waals surface area contributed by atoms with Crippen LogP contribution in [-0.2, 0) is 17.7 Å². The van der Waals surface area contributed by atoms with E-state index in [1.807, 2.05) is 18.2 Å². The molecular weight excluding hydrogens is 276 g/mol. The van der Waals surface area contributed by atoms with E-state index in [-0.39, 0.29) is 0 Å². The molecule has 4 rings (SSSR count). The predicted octanol–water partition coefficient (Wildman–Crippen LogP) is 1.84. The van der Waals surface area contributed by atoms with Crippen molar-refractivity contribution in [2.75, 3.05) is 32.8 Å². The molecule has 0 aliphatic carbocycles. The molecule has 0 amide bonds. The van der Waals surface area contributed by atoms with Gasteiger partial charge in [0.25, 0.3) is 0 Å². The smallest absolute Gasteiger partial charge is 0.181 e. The normalized spacial score (nSPS) is 22.5. The second-order valence-corrected chi connectivity index (χ2v) is 6.22. The van der Waals surface area contributed by atoms with E-state index >= 15 is 0 Å². The Hall–Kier alpha value is -1.72. The van der Waals surface area contributed by atoms with Gasteiger partial charge in [-0.1, -0.05) is 30.3 Å². The van der Waals surface area contributed by atoms with Crippen LogP contribution in [0.5, 0.6) is 0 Å². The second-order valence-electron chi connectivity index (χ2n) is 6.22. The maximum absolute atomic E-state index is 5.48. The molecule has 2 aliphatic rings. The Balaban J connectivity index is 1.44. The number of benzene rings is 1. The van der Waals surface area contributed by atoms with Crippen molar-refractivity contribution in [2.24, 2.45) is 5.92 Å². The monoisotopic (exact) mass is 298 g/mol. The van der Waals surface area contributed by atoms with E-state index in [4.69, 9.17) is 14.8 Å². The van der Waals surface area contributed by atoms with Gasteiger partial charge in [-0.3, -0.25) is 0 Å². The van der Waals surface area contributed by atoms with Gasteiger partial charge in [-0.15, -0.1) is 0 Å². The Bertz CT molecular complexity index is 593. The summed E-state index contributed by atoms with van der Waals surface area (Å²) in [5.74, 6) is 2.68. The summed E-state index contributed by atoms with van der Waals surface area (Å²) in [4.78, 5) is 7.29. The van der Waals surface area contributed by atoms with Crippen LogP contribution < -0.4 is 0 Å². The van der Waals surface area contributed by atoms with Crippen molar-refractivity contribution >= 4 is 0 Å². The van der Waals surface area contributed by atoms with Crippen molar-refractivity contribution < 1.29 is 4.74 Å². The molecule has 0 radical (unpaired) electrons. The standard InChI is InChI=1S/C17H22N4O/c1-2-4-15(5-3-1)17-18-16-6-8-20(9-10-21(16)19-17)12-14-7-11-22-13-14/h1-5,14H,6-13H2. The maximum Gasteiger partial charge on any atom is 0.181 e. The van der Waals surface area contributed by atoms with Crippen LogP contribution in [0.3, 0.4) is 0 Å². The van der Waals surface area contributed by atoms with E-state index in [1.54, 1.807) is 0 Å². The lowest BCUT2D eigenvalue weighted by molar-refractivity contribution is 0.167. The second kappa shape index (κ2) is 6.18. The molecule has 22 heavy (non-hydrogen) atoms. The molecule has 2 aromatic rings. The number of fused-ring (bicyclic) bond motifs is 1. The van der Waals surface area contributed by atoms with Gasteiger partial charge in [0.1, 0.15) is 5.82 Å². The van der Waals surface area contributed by atoms with Gasteiger partial charge in [-0.05, 0) is 12.3 Å². The SMILES string of the molecule is c1ccc(-c2nc3n(n2)CCN(CC2CCOC2)CC3)cc1. The highest BCUT2D eigenvalue weighted by atomic mass is 16.5. The van der Waals surface area contributed by atoms with Crippen molar-refractivity contribution in [2.45, 2.75) is 19.4 Å². The quantitative estimate of drug-likeness (QED) is 0.867. The lowest BCUT2D eigenvalue weighted by Crippen LogP contribution is -2.32. The van der Waals surface area contributed by atoms with E-state index in [2.05, 4.69) is 21.7 Å². The van der Waals surface area contributed by atoms with Crippen molar-refractivity contribution in [1.29, 1.82) is 0 Å². The largest absolute Gasteiger partial charge is 0.381 e. The fourth-order valence-electron chi connectivity index (χ4n) is 3.33. The molecule has 0 N–H and O–H groups in total. The summed E-state index contributed by atoms with van der Waals surface area (Å²) in [6.07, 6.45) is 2.19. The maximum atomic E-state index is 5.48. The predicted molar refractivity (Wildman–Crippen MR) is 84.5 cm³/mol. The Labute approximate surface area is 130 Å². The molecule has 1 aromatic carbocycles. The molecule has 0 bridgehead atoms. The molecule has 1 atom stereocenters. The third kappa shape index (κ3) is 2.91. The van der Waals surface area contributed by atoms with Gasteiger partial charge < -0.3 is 9.64 Å². The third-order valence-electron chi connectivity index (χ3n) is 4.60. The summed E-state index contributed by atoms with van der Waals surface area (Å²) >= 11 is 0. The molecule has 1 unspecified atom stereocenters. The van der Waals surface area contributed by atoms with Gasteiger partial charge in [0.15, 0.2) is 5.82 Å². The summed E-state index contributed by atoms with van der Waals surface area (Å²) in [6.45, 7) is 6.07. The van der Waals surface area contributed by atoms with Crippen LogP contribution in [0.4, 0.5) is 0 Å². The van der Waals surface area contributed by atoms with Gasteiger partial charge in [0, 0.05) is 38.2 Å². The van der Waals surface area contributed by atoms with Crippen LogP contribution in [0, 0.1) is 5.92 Å². The van der Waals surface area contributed by atoms with Crippen LogP contribution in [0.25, 0.3) is 11.4 Å². The van der Waals surface area contributed by atoms with Crippen molar-refractivity contribution in [1.82, 2.24) is 19.7 Å². The first-order valence-corrected chi connectivity index (χ1v) is 8.18. The van der Waals surface area contributed by atoms with Gasteiger partial charge in [-0.2, -0.15) is 5.10 Å².